The fraction of sp³-hybridized carbons (Fsp3) is 1.00. The summed E-state index contributed by atoms with van der Waals surface area (Å²) in [5.41, 5.74) is 0.341. The molecule has 1 nitrogen and oxygen atoms in total. The van der Waals surface area contributed by atoms with Crippen molar-refractivity contribution >= 4 is 0 Å². The first kappa shape index (κ1) is 16.1. The average Bonchev–Trinajstić information content (AvgIpc) is 2.31. The van der Waals surface area contributed by atoms with E-state index in [0.717, 1.165) is 32.1 Å². The van der Waals surface area contributed by atoms with E-state index in [-0.39, 0.29) is 12.1 Å². The van der Waals surface area contributed by atoms with E-state index < -0.39 is 12.1 Å². The Morgan fingerprint density at radius 1 is 1.00 bits per heavy atom. The van der Waals surface area contributed by atoms with Gasteiger partial charge in [-0.3, -0.25) is 0 Å². The Labute approximate surface area is 120 Å². The van der Waals surface area contributed by atoms with Crippen LogP contribution < -0.4 is 5.32 Å². The summed E-state index contributed by atoms with van der Waals surface area (Å²) in [6.45, 7) is 6.71. The minimum Gasteiger partial charge on any atom is -0.310 e. The standard InChI is InChI=1S/C16H28F3N/c1-11-10-15(2,3)9-8-13(11)20-14-7-5-4-6-12(14)16(17,18)19/h11-14,20H,4-10H2,1-3H3. The van der Waals surface area contributed by atoms with E-state index in [2.05, 4.69) is 26.1 Å². The van der Waals surface area contributed by atoms with Gasteiger partial charge in [0, 0.05) is 12.1 Å². The molecule has 0 heterocycles. The van der Waals surface area contributed by atoms with Gasteiger partial charge in [-0.1, -0.05) is 33.6 Å². The molecule has 118 valence electrons. The first-order valence-corrected chi connectivity index (χ1v) is 8.02. The second-order valence-electron chi connectivity index (χ2n) is 7.70. The number of hydrogen-bond acceptors (Lipinski definition) is 1. The zero-order chi connectivity index (χ0) is 15.0. The molecule has 2 fully saturated rings. The van der Waals surface area contributed by atoms with Gasteiger partial charge in [-0.2, -0.15) is 13.2 Å². The lowest BCUT2D eigenvalue weighted by Crippen LogP contribution is -2.52. The van der Waals surface area contributed by atoms with Gasteiger partial charge in [0.2, 0.25) is 0 Å². The Hall–Kier alpha value is -0.250. The summed E-state index contributed by atoms with van der Waals surface area (Å²) < 4.78 is 39.4. The predicted octanol–water partition coefficient (Wildman–Crippen LogP) is 4.91. The second-order valence-corrected chi connectivity index (χ2v) is 7.70. The number of hydrogen-bond donors (Lipinski definition) is 1. The Bertz CT molecular complexity index is 324. The summed E-state index contributed by atoms with van der Waals surface area (Å²) >= 11 is 0. The monoisotopic (exact) mass is 291 g/mol. The van der Waals surface area contributed by atoms with Crippen LogP contribution >= 0.6 is 0 Å². The molecule has 0 radical (unpaired) electrons. The van der Waals surface area contributed by atoms with Gasteiger partial charge in [0.25, 0.3) is 0 Å². The molecule has 0 aromatic rings. The van der Waals surface area contributed by atoms with E-state index in [1.54, 1.807) is 0 Å². The topological polar surface area (TPSA) is 12.0 Å². The Kier molecular flexibility index (Phi) is 4.73. The maximum absolute atomic E-state index is 13.1. The molecule has 2 rings (SSSR count). The summed E-state index contributed by atoms with van der Waals surface area (Å²) in [6, 6.07) is -0.103. The van der Waals surface area contributed by atoms with Crippen LogP contribution in [0, 0.1) is 17.3 Å². The average molecular weight is 291 g/mol. The first-order chi connectivity index (χ1) is 9.19. The van der Waals surface area contributed by atoms with Crippen molar-refractivity contribution in [2.45, 2.75) is 84.0 Å². The molecule has 1 N–H and O–H groups in total. The summed E-state index contributed by atoms with van der Waals surface area (Å²) in [4.78, 5) is 0. The largest absolute Gasteiger partial charge is 0.393 e. The normalized spacial score (nSPS) is 38.7. The van der Waals surface area contributed by atoms with Gasteiger partial charge in [0.1, 0.15) is 0 Å². The number of rotatable bonds is 2. The summed E-state index contributed by atoms with van der Waals surface area (Å²) in [7, 11) is 0. The second kappa shape index (κ2) is 5.86. The van der Waals surface area contributed by atoms with Crippen molar-refractivity contribution in [3.8, 4) is 0 Å². The fourth-order valence-corrected chi connectivity index (χ4v) is 4.19. The zero-order valence-electron chi connectivity index (χ0n) is 12.9. The molecule has 4 heteroatoms. The quantitative estimate of drug-likeness (QED) is 0.762. The van der Waals surface area contributed by atoms with Crippen LogP contribution in [0.5, 0.6) is 0 Å². The molecule has 0 aromatic heterocycles. The lowest BCUT2D eigenvalue weighted by Gasteiger charge is -2.43. The molecule has 0 bridgehead atoms. The Morgan fingerprint density at radius 3 is 2.25 bits per heavy atom. The van der Waals surface area contributed by atoms with E-state index in [4.69, 9.17) is 0 Å². The molecule has 4 atom stereocenters. The predicted molar refractivity (Wildman–Crippen MR) is 75.5 cm³/mol. The molecule has 2 aliphatic rings. The van der Waals surface area contributed by atoms with Crippen molar-refractivity contribution in [2.24, 2.45) is 17.3 Å². The third-order valence-corrected chi connectivity index (χ3v) is 5.31. The molecule has 0 spiro atoms. The van der Waals surface area contributed by atoms with Gasteiger partial charge >= 0.3 is 6.18 Å². The van der Waals surface area contributed by atoms with Gasteiger partial charge < -0.3 is 5.32 Å². The lowest BCUT2D eigenvalue weighted by atomic mass is 9.70. The lowest BCUT2D eigenvalue weighted by molar-refractivity contribution is -0.190. The van der Waals surface area contributed by atoms with E-state index in [1.165, 1.54) is 0 Å². The highest BCUT2D eigenvalue weighted by Crippen LogP contribution is 2.41. The highest BCUT2D eigenvalue weighted by atomic mass is 19.4. The smallest absolute Gasteiger partial charge is 0.310 e. The maximum Gasteiger partial charge on any atom is 0.393 e. The Balaban J connectivity index is 1.97. The van der Waals surface area contributed by atoms with Gasteiger partial charge in [-0.05, 0) is 43.4 Å². The van der Waals surface area contributed by atoms with Gasteiger partial charge in [-0.15, -0.1) is 0 Å². The van der Waals surface area contributed by atoms with Crippen LogP contribution in [-0.4, -0.2) is 18.3 Å². The SMILES string of the molecule is CC1CC(C)(C)CCC1NC1CCCCC1C(F)(F)F. The van der Waals surface area contributed by atoms with Crippen molar-refractivity contribution in [1.29, 1.82) is 0 Å². The number of alkyl halides is 3. The minimum atomic E-state index is -4.05. The van der Waals surface area contributed by atoms with Crippen LogP contribution in [0.1, 0.15) is 65.7 Å². The van der Waals surface area contributed by atoms with E-state index in [9.17, 15) is 13.2 Å². The molecule has 0 aromatic carbocycles. The third kappa shape index (κ3) is 3.90. The van der Waals surface area contributed by atoms with Crippen LogP contribution in [0.2, 0.25) is 0 Å². The van der Waals surface area contributed by atoms with Crippen molar-refractivity contribution in [3.63, 3.8) is 0 Å². The molecule has 0 aliphatic heterocycles. The van der Waals surface area contributed by atoms with Crippen LogP contribution in [-0.2, 0) is 0 Å². The summed E-state index contributed by atoms with van der Waals surface area (Å²) in [6.07, 6.45) is 1.80. The highest BCUT2D eigenvalue weighted by Gasteiger charge is 2.46. The molecule has 2 aliphatic carbocycles. The molecule has 2 saturated carbocycles. The van der Waals surface area contributed by atoms with Crippen LogP contribution in [0.25, 0.3) is 0 Å². The van der Waals surface area contributed by atoms with Gasteiger partial charge in [0.05, 0.1) is 5.92 Å². The van der Waals surface area contributed by atoms with E-state index in [1.807, 2.05) is 0 Å². The maximum atomic E-state index is 13.1. The molecule has 20 heavy (non-hydrogen) atoms. The molecular formula is C16H28F3N. The minimum absolute atomic E-state index is 0.260. The molecule has 0 amide bonds. The number of halogens is 3. The van der Waals surface area contributed by atoms with Crippen molar-refractivity contribution in [1.82, 2.24) is 5.32 Å². The van der Waals surface area contributed by atoms with Crippen LogP contribution in [0.3, 0.4) is 0 Å². The highest BCUT2D eigenvalue weighted by molar-refractivity contribution is 4.92. The van der Waals surface area contributed by atoms with Gasteiger partial charge in [-0.25, -0.2) is 0 Å². The van der Waals surface area contributed by atoms with Gasteiger partial charge in [0.15, 0.2) is 0 Å². The molecule has 4 unspecified atom stereocenters. The van der Waals surface area contributed by atoms with Crippen molar-refractivity contribution in [3.05, 3.63) is 0 Å². The number of nitrogens with one attached hydrogen (secondary N) is 1. The first-order valence-electron chi connectivity index (χ1n) is 8.02. The van der Waals surface area contributed by atoms with Crippen molar-refractivity contribution in [2.75, 3.05) is 0 Å². The Morgan fingerprint density at radius 2 is 1.65 bits per heavy atom. The van der Waals surface area contributed by atoms with Crippen LogP contribution in [0.15, 0.2) is 0 Å². The third-order valence-electron chi connectivity index (χ3n) is 5.31. The van der Waals surface area contributed by atoms with Crippen LogP contribution in [0.4, 0.5) is 13.2 Å². The van der Waals surface area contributed by atoms with E-state index >= 15 is 0 Å². The van der Waals surface area contributed by atoms with Crippen molar-refractivity contribution < 1.29 is 13.2 Å². The molecule has 0 saturated heterocycles. The zero-order valence-corrected chi connectivity index (χ0v) is 12.9. The van der Waals surface area contributed by atoms with E-state index in [0.29, 0.717) is 24.2 Å². The molecular weight excluding hydrogens is 263 g/mol. The summed E-state index contributed by atoms with van der Waals surface area (Å²) in [5, 5.41) is 3.38. The fourth-order valence-electron chi connectivity index (χ4n) is 4.19. The summed E-state index contributed by atoms with van der Waals surface area (Å²) in [5.74, 6) is -0.673.